The number of anilines is 1. The summed E-state index contributed by atoms with van der Waals surface area (Å²) in [5, 5.41) is 56.8. The van der Waals surface area contributed by atoms with Crippen molar-refractivity contribution >= 4 is 29.5 Å². The molecule has 276 valence electrons. The lowest BCUT2D eigenvalue weighted by atomic mass is 9.78. The van der Waals surface area contributed by atoms with Gasteiger partial charge in [-0.3, -0.25) is 9.59 Å². The Morgan fingerprint density at radius 2 is 1.64 bits per heavy atom. The number of phenols is 2. The summed E-state index contributed by atoms with van der Waals surface area (Å²) in [6.07, 6.45) is 3.25. The number of benzene rings is 2. The van der Waals surface area contributed by atoms with Gasteiger partial charge in [0, 0.05) is 24.6 Å². The maximum Gasteiger partial charge on any atom is 0.331 e. The molecule has 1 aliphatic rings. The number of esters is 1. The Bertz CT molecular complexity index is 1440. The van der Waals surface area contributed by atoms with Crippen LogP contribution in [-0.2, 0) is 23.9 Å². The highest BCUT2D eigenvalue weighted by Gasteiger charge is 2.50. The van der Waals surface area contributed by atoms with Crippen molar-refractivity contribution in [3.05, 3.63) is 54.1 Å². The zero-order chi connectivity index (χ0) is 36.9. The van der Waals surface area contributed by atoms with Crippen molar-refractivity contribution in [2.75, 3.05) is 18.5 Å². The second kappa shape index (κ2) is 18.7. The first-order valence-electron chi connectivity index (χ1n) is 17.1. The van der Waals surface area contributed by atoms with Crippen LogP contribution >= 0.6 is 0 Å². The Morgan fingerprint density at radius 3 is 2.30 bits per heavy atom. The third-order valence-corrected chi connectivity index (χ3v) is 8.16. The van der Waals surface area contributed by atoms with Gasteiger partial charge in [-0.1, -0.05) is 45.1 Å². The maximum atomic E-state index is 13.5. The first-order valence-corrected chi connectivity index (χ1v) is 17.1. The molecule has 2 amide bonds. The number of carbonyl (C=O) groups is 3. The number of carbonyl (C=O) groups excluding carboxylic acids is 3. The van der Waals surface area contributed by atoms with E-state index in [-0.39, 0.29) is 12.4 Å². The van der Waals surface area contributed by atoms with Gasteiger partial charge in [0.15, 0.2) is 11.5 Å². The molecule has 1 saturated carbocycles. The van der Waals surface area contributed by atoms with Crippen LogP contribution < -0.4 is 15.4 Å². The molecule has 2 unspecified atom stereocenters. The van der Waals surface area contributed by atoms with Gasteiger partial charge in [0.25, 0.3) is 5.91 Å². The van der Waals surface area contributed by atoms with Crippen LogP contribution in [0.1, 0.15) is 84.6 Å². The fourth-order valence-electron chi connectivity index (χ4n) is 5.29. The average molecular weight is 701 g/mol. The lowest BCUT2D eigenvalue weighted by Crippen LogP contribution is -2.62. The van der Waals surface area contributed by atoms with Crippen molar-refractivity contribution < 1.29 is 54.1 Å². The van der Waals surface area contributed by atoms with Gasteiger partial charge in [-0.05, 0) is 75.2 Å². The molecule has 0 radical (unpaired) electrons. The highest BCUT2D eigenvalue weighted by Crippen LogP contribution is 2.32. The minimum Gasteiger partial charge on any atom is -0.504 e. The Labute approximate surface area is 293 Å². The molecule has 13 heteroatoms. The number of rotatable bonds is 17. The largest absolute Gasteiger partial charge is 0.504 e. The number of aliphatic hydroxyl groups is 3. The zero-order valence-corrected chi connectivity index (χ0v) is 29.3. The van der Waals surface area contributed by atoms with E-state index in [1.54, 1.807) is 45.0 Å². The van der Waals surface area contributed by atoms with E-state index < -0.39 is 71.9 Å². The van der Waals surface area contributed by atoms with Gasteiger partial charge < -0.3 is 50.4 Å². The summed E-state index contributed by atoms with van der Waals surface area (Å²) in [6.45, 7) is 7.85. The maximum absolute atomic E-state index is 13.5. The number of aromatic hydroxyl groups is 2. The van der Waals surface area contributed by atoms with Crippen LogP contribution in [0.5, 0.6) is 17.2 Å². The molecule has 0 saturated heterocycles. The quantitative estimate of drug-likeness (QED) is 0.0545. The Kier molecular flexibility index (Phi) is 15.1. The number of nitrogens with one attached hydrogen (secondary N) is 2. The standard InChI is InChI=1S/C37H52N2O11/c1-5-6-7-8-9-10-19-48-26-15-13-25(14-16-26)38-34(45)27(23-49-36(2,3)4)39-35(46)37(47)21-30(42)33(44)31(22-37)50-32(43)18-12-24-11-17-28(40)29(41)20-24/h11-18,20,27,30-31,33,40-42,44,47H,5-10,19,21-23H2,1-4H3,(H,38,45)(H,39,46)/b18-12+/t27?,30-,31-,33?,37+/m1/s1. The van der Waals surface area contributed by atoms with E-state index in [2.05, 4.69) is 17.6 Å². The highest BCUT2D eigenvalue weighted by atomic mass is 16.6. The number of phenolic OH excluding ortho intramolecular Hbond substituents is 2. The summed E-state index contributed by atoms with van der Waals surface area (Å²) < 4.78 is 16.9. The minimum absolute atomic E-state index is 0.252. The van der Waals surface area contributed by atoms with E-state index >= 15 is 0 Å². The molecule has 2 aromatic rings. The minimum atomic E-state index is -2.33. The van der Waals surface area contributed by atoms with Crippen LogP contribution in [0.2, 0.25) is 0 Å². The summed E-state index contributed by atoms with van der Waals surface area (Å²) in [5.74, 6) is -2.71. The molecule has 1 aliphatic carbocycles. The van der Waals surface area contributed by atoms with Crippen LogP contribution in [0.4, 0.5) is 5.69 Å². The van der Waals surface area contributed by atoms with Crippen molar-refractivity contribution in [1.82, 2.24) is 5.32 Å². The summed E-state index contributed by atoms with van der Waals surface area (Å²) in [7, 11) is 0. The fourth-order valence-corrected chi connectivity index (χ4v) is 5.29. The summed E-state index contributed by atoms with van der Waals surface area (Å²) >= 11 is 0. The van der Waals surface area contributed by atoms with Crippen LogP contribution in [0, 0.1) is 0 Å². The van der Waals surface area contributed by atoms with Gasteiger partial charge in [-0.15, -0.1) is 0 Å². The zero-order valence-electron chi connectivity index (χ0n) is 29.3. The number of amides is 2. The predicted octanol–water partition coefficient (Wildman–Crippen LogP) is 3.95. The molecule has 0 heterocycles. The van der Waals surface area contributed by atoms with Gasteiger partial charge in [0.1, 0.15) is 29.6 Å². The topological polar surface area (TPSA) is 204 Å². The van der Waals surface area contributed by atoms with Crippen molar-refractivity contribution in [3.8, 4) is 17.2 Å². The Morgan fingerprint density at radius 1 is 0.960 bits per heavy atom. The van der Waals surface area contributed by atoms with Crippen molar-refractivity contribution in [2.45, 2.75) is 115 Å². The van der Waals surface area contributed by atoms with Crippen LogP contribution in [0.15, 0.2) is 48.5 Å². The van der Waals surface area contributed by atoms with Crippen LogP contribution in [-0.4, -0.2) is 92.1 Å². The number of unbranched alkanes of at least 4 members (excludes halogenated alkanes) is 5. The lowest BCUT2D eigenvalue weighted by Gasteiger charge is -2.41. The molecule has 5 atom stereocenters. The van der Waals surface area contributed by atoms with E-state index in [1.807, 2.05) is 0 Å². The van der Waals surface area contributed by atoms with Gasteiger partial charge in [-0.2, -0.15) is 0 Å². The van der Waals surface area contributed by atoms with E-state index in [0.717, 1.165) is 18.9 Å². The van der Waals surface area contributed by atoms with Crippen molar-refractivity contribution in [3.63, 3.8) is 0 Å². The number of hydrogen-bond donors (Lipinski definition) is 7. The third-order valence-electron chi connectivity index (χ3n) is 8.16. The van der Waals surface area contributed by atoms with Gasteiger partial charge in [0.05, 0.1) is 24.9 Å². The summed E-state index contributed by atoms with van der Waals surface area (Å²) in [5.41, 5.74) is -2.21. The molecule has 13 nitrogen and oxygen atoms in total. The van der Waals surface area contributed by atoms with E-state index in [9.17, 15) is 39.9 Å². The molecule has 0 aliphatic heterocycles. The summed E-state index contributed by atoms with van der Waals surface area (Å²) in [6, 6.07) is 9.39. The molecule has 0 bridgehead atoms. The van der Waals surface area contributed by atoms with Crippen molar-refractivity contribution in [2.24, 2.45) is 0 Å². The lowest BCUT2D eigenvalue weighted by molar-refractivity contribution is -0.187. The first kappa shape index (κ1) is 40.3. The highest BCUT2D eigenvalue weighted by molar-refractivity contribution is 5.98. The predicted molar refractivity (Wildman–Crippen MR) is 186 cm³/mol. The second-order valence-electron chi connectivity index (χ2n) is 13.6. The molecule has 0 spiro atoms. The molecule has 1 fully saturated rings. The van der Waals surface area contributed by atoms with Gasteiger partial charge >= 0.3 is 5.97 Å². The molecule has 3 rings (SSSR count). The summed E-state index contributed by atoms with van der Waals surface area (Å²) in [4.78, 5) is 39.4. The molecule has 7 N–H and O–H groups in total. The van der Waals surface area contributed by atoms with Gasteiger partial charge in [0.2, 0.25) is 5.91 Å². The molecule has 0 aromatic heterocycles. The van der Waals surface area contributed by atoms with E-state index in [1.165, 1.54) is 50.0 Å². The number of aliphatic hydroxyl groups excluding tert-OH is 2. The van der Waals surface area contributed by atoms with Gasteiger partial charge in [-0.25, -0.2) is 4.79 Å². The molecular weight excluding hydrogens is 648 g/mol. The number of ether oxygens (including phenoxy) is 3. The van der Waals surface area contributed by atoms with E-state index in [0.29, 0.717) is 23.6 Å². The average Bonchev–Trinajstić information content (AvgIpc) is 3.05. The third kappa shape index (κ3) is 12.9. The number of hydrogen-bond acceptors (Lipinski definition) is 11. The van der Waals surface area contributed by atoms with Crippen LogP contribution in [0.3, 0.4) is 0 Å². The Balaban J connectivity index is 1.63. The van der Waals surface area contributed by atoms with E-state index in [4.69, 9.17) is 14.2 Å². The first-order chi connectivity index (χ1) is 23.6. The fraction of sp³-hybridized carbons (Fsp3) is 0.541. The molecule has 50 heavy (non-hydrogen) atoms. The van der Waals surface area contributed by atoms with Crippen molar-refractivity contribution in [1.29, 1.82) is 0 Å². The Hall–Kier alpha value is -4.17. The second-order valence-corrected chi connectivity index (χ2v) is 13.6. The molecular formula is C37H52N2O11. The van der Waals surface area contributed by atoms with Crippen LogP contribution in [0.25, 0.3) is 6.08 Å². The SMILES string of the molecule is CCCCCCCCOc1ccc(NC(=O)C(COC(C)(C)C)NC(=O)[C@]2(O)C[C@@H](O)C(O)[C@H](OC(=O)/C=C/c3ccc(O)c(O)c3)C2)cc1. The normalized spacial score (nSPS) is 21.4. The molecule has 2 aromatic carbocycles. The monoisotopic (exact) mass is 700 g/mol. The smallest absolute Gasteiger partial charge is 0.331 e.